The van der Waals surface area contributed by atoms with Gasteiger partial charge in [0.05, 0.1) is 16.6 Å². The smallest absolute Gasteiger partial charge is 0.0611 e. The Balaban J connectivity index is 1.99. The maximum atomic E-state index is 3.83. The monoisotopic (exact) mass is 387 g/mol. The third kappa shape index (κ3) is 1.69. The summed E-state index contributed by atoms with van der Waals surface area (Å²) in [6, 6.07) is 24.2. The van der Waals surface area contributed by atoms with Gasteiger partial charge in [-0.15, -0.1) is 0 Å². The highest BCUT2D eigenvalue weighted by atomic mass is 15.0. The SMILES string of the molecule is Cc1cccc2c1[nH]c1c3c4ccccc4n(C)c3c3c4ccccc4n(C)c3c21. The van der Waals surface area contributed by atoms with E-state index in [2.05, 4.69) is 102 Å². The largest absolute Gasteiger partial charge is 0.354 e. The molecule has 0 aliphatic heterocycles. The highest BCUT2D eigenvalue weighted by Gasteiger charge is 2.23. The van der Waals surface area contributed by atoms with Crippen LogP contribution in [0.3, 0.4) is 0 Å². The number of benzene rings is 4. The van der Waals surface area contributed by atoms with Crippen LogP contribution in [0, 0.1) is 6.92 Å². The Kier molecular flexibility index (Phi) is 2.82. The molecule has 0 radical (unpaired) electrons. The Morgan fingerprint density at radius 1 is 0.567 bits per heavy atom. The first-order chi connectivity index (χ1) is 14.7. The zero-order valence-corrected chi connectivity index (χ0v) is 17.2. The molecule has 4 aromatic carbocycles. The average Bonchev–Trinajstić information content (AvgIpc) is 3.39. The Labute approximate surface area is 173 Å². The van der Waals surface area contributed by atoms with Crippen LogP contribution in [0.1, 0.15) is 5.56 Å². The lowest BCUT2D eigenvalue weighted by molar-refractivity contribution is 1.01. The lowest BCUT2D eigenvalue weighted by Gasteiger charge is -2.05. The zero-order valence-electron chi connectivity index (χ0n) is 17.2. The van der Waals surface area contributed by atoms with Crippen molar-refractivity contribution in [3.63, 3.8) is 0 Å². The van der Waals surface area contributed by atoms with E-state index in [0.717, 1.165) is 0 Å². The number of nitrogens with zero attached hydrogens (tertiary/aromatic N) is 2. The molecule has 0 aliphatic rings. The number of H-pyrrole nitrogens is 1. The Morgan fingerprint density at radius 3 is 1.77 bits per heavy atom. The second kappa shape index (κ2) is 5.25. The molecular weight excluding hydrogens is 366 g/mol. The molecule has 0 spiro atoms. The Bertz CT molecular complexity index is 1820. The van der Waals surface area contributed by atoms with Gasteiger partial charge in [-0.1, -0.05) is 54.6 Å². The van der Waals surface area contributed by atoms with Crippen molar-refractivity contribution < 1.29 is 0 Å². The van der Waals surface area contributed by atoms with Gasteiger partial charge < -0.3 is 14.1 Å². The number of aromatic nitrogens is 3. The summed E-state index contributed by atoms with van der Waals surface area (Å²) in [6.45, 7) is 2.19. The lowest BCUT2D eigenvalue weighted by atomic mass is 10.0. The second-order valence-corrected chi connectivity index (χ2v) is 8.47. The Morgan fingerprint density at radius 2 is 1.10 bits per heavy atom. The van der Waals surface area contributed by atoms with Crippen LogP contribution < -0.4 is 0 Å². The van der Waals surface area contributed by atoms with Crippen molar-refractivity contribution in [1.29, 1.82) is 0 Å². The van der Waals surface area contributed by atoms with Crippen LogP contribution in [0.25, 0.3) is 65.4 Å². The van der Waals surface area contributed by atoms with Crippen molar-refractivity contribution in [2.24, 2.45) is 14.1 Å². The van der Waals surface area contributed by atoms with Crippen molar-refractivity contribution in [1.82, 2.24) is 14.1 Å². The predicted molar refractivity (Wildman–Crippen MR) is 129 cm³/mol. The molecule has 30 heavy (non-hydrogen) atoms. The summed E-state index contributed by atoms with van der Waals surface area (Å²) in [5.41, 5.74) is 8.91. The van der Waals surface area contributed by atoms with E-state index in [1.165, 1.54) is 71.0 Å². The molecule has 3 nitrogen and oxygen atoms in total. The standard InChI is InChI=1S/C27H21N3/c1-15-9-8-12-18-22-25(28-24(15)18)21-16-10-4-6-13-19(16)29(2)26(21)23-17-11-5-7-14-20(17)30(3)27(22)23/h4-14,28H,1-3H3. The molecule has 0 fully saturated rings. The maximum Gasteiger partial charge on any atom is 0.0611 e. The third-order valence-electron chi connectivity index (χ3n) is 6.98. The molecule has 0 atom stereocenters. The van der Waals surface area contributed by atoms with Gasteiger partial charge in [-0.25, -0.2) is 0 Å². The van der Waals surface area contributed by atoms with E-state index in [1.54, 1.807) is 0 Å². The van der Waals surface area contributed by atoms with Crippen LogP contribution in [-0.2, 0) is 14.1 Å². The van der Waals surface area contributed by atoms with Gasteiger partial charge in [-0.05, 0) is 24.6 Å². The number of hydrogen-bond acceptors (Lipinski definition) is 0. The van der Waals surface area contributed by atoms with E-state index < -0.39 is 0 Å². The summed E-state index contributed by atoms with van der Waals surface area (Å²) >= 11 is 0. The molecule has 1 N–H and O–H groups in total. The normalized spacial score (nSPS) is 12.5. The summed E-state index contributed by atoms with van der Waals surface area (Å²) in [7, 11) is 4.40. The van der Waals surface area contributed by atoms with E-state index in [0.29, 0.717) is 0 Å². The molecule has 0 bridgehead atoms. The molecule has 0 saturated carbocycles. The molecule has 7 aromatic rings. The molecule has 3 heteroatoms. The van der Waals surface area contributed by atoms with E-state index in [-0.39, 0.29) is 0 Å². The summed E-state index contributed by atoms with van der Waals surface area (Å²) in [5, 5.41) is 7.91. The number of aromatic amines is 1. The van der Waals surface area contributed by atoms with Crippen molar-refractivity contribution >= 4 is 65.4 Å². The summed E-state index contributed by atoms with van der Waals surface area (Å²) < 4.78 is 4.75. The van der Waals surface area contributed by atoms with Crippen molar-refractivity contribution in [2.45, 2.75) is 6.92 Å². The topological polar surface area (TPSA) is 25.6 Å². The molecule has 3 heterocycles. The van der Waals surface area contributed by atoms with Crippen molar-refractivity contribution in [2.75, 3.05) is 0 Å². The highest BCUT2D eigenvalue weighted by molar-refractivity contribution is 6.39. The number of aryl methyl sites for hydroxylation is 3. The van der Waals surface area contributed by atoms with E-state index in [1.807, 2.05) is 0 Å². The summed E-state index contributed by atoms with van der Waals surface area (Å²) in [6.07, 6.45) is 0. The molecule has 3 aromatic heterocycles. The maximum absolute atomic E-state index is 3.83. The van der Waals surface area contributed by atoms with Gasteiger partial charge in [-0.3, -0.25) is 0 Å². The van der Waals surface area contributed by atoms with Crippen LogP contribution in [-0.4, -0.2) is 14.1 Å². The first kappa shape index (κ1) is 16.1. The van der Waals surface area contributed by atoms with Crippen molar-refractivity contribution in [3.05, 3.63) is 72.3 Å². The van der Waals surface area contributed by atoms with Crippen LogP contribution in [0.15, 0.2) is 66.7 Å². The minimum atomic E-state index is 1.24. The molecule has 144 valence electrons. The zero-order chi connectivity index (χ0) is 20.1. The fourth-order valence-electron chi connectivity index (χ4n) is 5.66. The van der Waals surface area contributed by atoms with Crippen LogP contribution in [0.4, 0.5) is 0 Å². The number of rotatable bonds is 0. The third-order valence-corrected chi connectivity index (χ3v) is 6.98. The van der Waals surface area contributed by atoms with Gasteiger partial charge in [0.15, 0.2) is 0 Å². The fraction of sp³-hybridized carbons (Fsp3) is 0.111. The van der Waals surface area contributed by atoms with Crippen molar-refractivity contribution in [3.8, 4) is 0 Å². The van der Waals surface area contributed by atoms with Gasteiger partial charge in [0.25, 0.3) is 0 Å². The number of hydrogen-bond donors (Lipinski definition) is 1. The van der Waals surface area contributed by atoms with Gasteiger partial charge in [0.1, 0.15) is 0 Å². The quantitative estimate of drug-likeness (QED) is 0.292. The molecule has 0 aliphatic carbocycles. The number of nitrogens with one attached hydrogen (secondary N) is 1. The number of fused-ring (bicyclic) bond motifs is 12. The molecular formula is C27H21N3. The van der Waals surface area contributed by atoms with Crippen LogP contribution in [0.2, 0.25) is 0 Å². The minimum absolute atomic E-state index is 1.24. The molecule has 7 rings (SSSR count). The average molecular weight is 387 g/mol. The number of para-hydroxylation sites is 3. The van der Waals surface area contributed by atoms with Crippen LogP contribution in [0.5, 0.6) is 0 Å². The molecule has 0 amide bonds. The van der Waals surface area contributed by atoms with Gasteiger partial charge in [0.2, 0.25) is 0 Å². The fourth-order valence-corrected chi connectivity index (χ4v) is 5.66. The first-order valence-corrected chi connectivity index (χ1v) is 10.4. The van der Waals surface area contributed by atoms with Gasteiger partial charge >= 0.3 is 0 Å². The summed E-state index contributed by atoms with van der Waals surface area (Å²) in [4.78, 5) is 3.83. The molecule has 0 saturated heterocycles. The minimum Gasteiger partial charge on any atom is -0.354 e. The van der Waals surface area contributed by atoms with Gasteiger partial charge in [0, 0.05) is 63.0 Å². The van der Waals surface area contributed by atoms with E-state index >= 15 is 0 Å². The Hall–Kier alpha value is -3.72. The highest BCUT2D eigenvalue weighted by Crippen LogP contribution is 2.46. The summed E-state index contributed by atoms with van der Waals surface area (Å²) in [5.74, 6) is 0. The van der Waals surface area contributed by atoms with Gasteiger partial charge in [-0.2, -0.15) is 0 Å². The second-order valence-electron chi connectivity index (χ2n) is 8.47. The molecule has 0 unspecified atom stereocenters. The van der Waals surface area contributed by atoms with Crippen LogP contribution >= 0.6 is 0 Å². The first-order valence-electron chi connectivity index (χ1n) is 10.4. The van der Waals surface area contributed by atoms with E-state index in [4.69, 9.17) is 0 Å². The predicted octanol–water partition coefficient (Wildman–Crippen LogP) is 6.92. The lowest BCUT2D eigenvalue weighted by Crippen LogP contribution is -1.90. The van der Waals surface area contributed by atoms with E-state index in [9.17, 15) is 0 Å².